The van der Waals surface area contributed by atoms with Crippen LogP contribution < -0.4 is 0 Å². The monoisotopic (exact) mass is 425 g/mol. The summed E-state index contributed by atoms with van der Waals surface area (Å²) in [6.07, 6.45) is 6.26. The molecule has 0 aliphatic rings. The van der Waals surface area contributed by atoms with E-state index in [1.165, 1.54) is 17.7 Å². The molecule has 1 heterocycles. The van der Waals surface area contributed by atoms with E-state index in [0.717, 1.165) is 27.9 Å². The molecule has 0 saturated carbocycles. The molecule has 0 atom stereocenters. The summed E-state index contributed by atoms with van der Waals surface area (Å²) < 4.78 is 30.8. The van der Waals surface area contributed by atoms with E-state index >= 15 is 0 Å². The Labute approximate surface area is 176 Å². The molecule has 30 heavy (non-hydrogen) atoms. The van der Waals surface area contributed by atoms with Crippen LogP contribution in [0.1, 0.15) is 16.7 Å². The summed E-state index contributed by atoms with van der Waals surface area (Å²) >= 11 is 0. The van der Waals surface area contributed by atoms with Crippen LogP contribution in [0.15, 0.2) is 67.1 Å². The van der Waals surface area contributed by atoms with Crippen LogP contribution in [-0.4, -0.2) is 42.0 Å². The van der Waals surface area contributed by atoms with E-state index in [1.54, 1.807) is 18.6 Å². The molecule has 0 spiro atoms. The fourth-order valence-corrected chi connectivity index (χ4v) is 3.77. The number of benzene rings is 2. The first kappa shape index (κ1) is 21.6. The van der Waals surface area contributed by atoms with E-state index < -0.39 is 10.0 Å². The number of sulfonamides is 1. The van der Waals surface area contributed by atoms with Gasteiger partial charge < -0.3 is 4.74 Å². The van der Waals surface area contributed by atoms with Gasteiger partial charge in [-0.1, -0.05) is 48.5 Å². The highest BCUT2D eigenvalue weighted by Crippen LogP contribution is 2.19. The van der Waals surface area contributed by atoms with Crippen LogP contribution in [-0.2, 0) is 39.1 Å². The first-order valence-corrected chi connectivity index (χ1v) is 11.1. The van der Waals surface area contributed by atoms with Gasteiger partial charge in [-0.3, -0.25) is 14.8 Å². The number of rotatable bonds is 8. The Morgan fingerprint density at radius 3 is 2.33 bits per heavy atom. The molecule has 0 radical (unpaired) electrons. The molecule has 3 rings (SSSR count). The quantitative estimate of drug-likeness (QED) is 0.516. The Balaban J connectivity index is 1.76. The second kappa shape index (κ2) is 9.60. The van der Waals surface area contributed by atoms with Gasteiger partial charge in [-0.25, -0.2) is 8.42 Å². The molecule has 2 aromatic carbocycles. The molecule has 0 bridgehead atoms. The van der Waals surface area contributed by atoms with Gasteiger partial charge in [0.25, 0.3) is 0 Å². The Hall–Kier alpha value is -3.10. The Kier molecular flexibility index (Phi) is 6.91. The summed E-state index contributed by atoms with van der Waals surface area (Å²) in [6.45, 7) is 0.445. The summed E-state index contributed by atoms with van der Waals surface area (Å²) in [4.78, 5) is 19.8. The standard InChI is InChI=1S/C22H23N3O4S/c1-29-22(26)13-18-4-3-5-19(12-18)16-25(30(2,27)28)15-17-6-8-20(9-7-17)21-14-23-10-11-24-21/h3-12,14H,13,15-16H2,1-2H3. The van der Waals surface area contributed by atoms with Gasteiger partial charge in [0.05, 0.1) is 31.7 Å². The number of nitrogens with zero attached hydrogens (tertiary/aromatic N) is 3. The molecule has 0 saturated heterocycles. The number of carbonyl (C=O) groups is 1. The summed E-state index contributed by atoms with van der Waals surface area (Å²) in [6, 6.07) is 14.9. The van der Waals surface area contributed by atoms with Crippen LogP contribution >= 0.6 is 0 Å². The number of methoxy groups -OCH3 is 1. The molecule has 8 heteroatoms. The lowest BCUT2D eigenvalue weighted by molar-refractivity contribution is -0.139. The van der Waals surface area contributed by atoms with Gasteiger partial charge in [-0.15, -0.1) is 0 Å². The maximum atomic E-state index is 12.4. The van der Waals surface area contributed by atoms with Crippen LogP contribution in [0, 0.1) is 0 Å². The van der Waals surface area contributed by atoms with Crippen LogP contribution in [0.5, 0.6) is 0 Å². The Morgan fingerprint density at radius 2 is 1.70 bits per heavy atom. The van der Waals surface area contributed by atoms with Crippen molar-refractivity contribution in [3.8, 4) is 11.3 Å². The second-order valence-corrected chi connectivity index (χ2v) is 8.87. The molecule has 0 unspecified atom stereocenters. The molecule has 0 fully saturated rings. The topological polar surface area (TPSA) is 89.5 Å². The zero-order valence-corrected chi connectivity index (χ0v) is 17.7. The highest BCUT2D eigenvalue weighted by molar-refractivity contribution is 7.88. The largest absolute Gasteiger partial charge is 0.469 e. The van der Waals surface area contributed by atoms with Gasteiger partial charge in [0.15, 0.2) is 0 Å². The summed E-state index contributed by atoms with van der Waals surface area (Å²) in [5.41, 5.74) is 4.11. The molecular weight excluding hydrogens is 402 g/mol. The number of esters is 1. The van der Waals surface area contributed by atoms with E-state index in [9.17, 15) is 13.2 Å². The number of aromatic nitrogens is 2. The molecule has 0 N–H and O–H groups in total. The lowest BCUT2D eigenvalue weighted by atomic mass is 10.1. The average molecular weight is 426 g/mol. The van der Waals surface area contributed by atoms with Crippen molar-refractivity contribution in [1.82, 2.24) is 14.3 Å². The second-order valence-electron chi connectivity index (χ2n) is 6.89. The van der Waals surface area contributed by atoms with Gasteiger partial charge in [-0.2, -0.15) is 4.31 Å². The molecule has 0 aliphatic carbocycles. The molecule has 0 amide bonds. The van der Waals surface area contributed by atoms with Crippen molar-refractivity contribution in [3.05, 3.63) is 83.8 Å². The lowest BCUT2D eigenvalue weighted by Gasteiger charge is -2.20. The molecule has 1 aromatic heterocycles. The van der Waals surface area contributed by atoms with Crippen molar-refractivity contribution in [2.45, 2.75) is 19.5 Å². The Morgan fingerprint density at radius 1 is 1.00 bits per heavy atom. The van der Waals surface area contributed by atoms with Crippen molar-refractivity contribution in [3.63, 3.8) is 0 Å². The van der Waals surface area contributed by atoms with Crippen molar-refractivity contribution in [1.29, 1.82) is 0 Å². The zero-order valence-electron chi connectivity index (χ0n) is 16.9. The summed E-state index contributed by atoms with van der Waals surface area (Å²) in [7, 11) is -2.10. The minimum atomic E-state index is -3.44. The smallest absolute Gasteiger partial charge is 0.309 e. The first-order chi connectivity index (χ1) is 14.3. The number of carbonyl (C=O) groups excluding carboxylic acids is 1. The van der Waals surface area contributed by atoms with E-state index in [4.69, 9.17) is 4.74 Å². The fourth-order valence-electron chi connectivity index (χ4n) is 3.00. The molecule has 7 nitrogen and oxygen atoms in total. The lowest BCUT2D eigenvalue weighted by Crippen LogP contribution is -2.29. The maximum Gasteiger partial charge on any atom is 0.309 e. The third-order valence-electron chi connectivity index (χ3n) is 4.57. The van der Waals surface area contributed by atoms with Crippen LogP contribution in [0.25, 0.3) is 11.3 Å². The normalized spacial score (nSPS) is 11.4. The van der Waals surface area contributed by atoms with E-state index in [0.29, 0.717) is 0 Å². The third kappa shape index (κ3) is 5.95. The fraction of sp³-hybridized carbons (Fsp3) is 0.227. The first-order valence-electron chi connectivity index (χ1n) is 9.30. The van der Waals surface area contributed by atoms with Crippen molar-refractivity contribution >= 4 is 16.0 Å². The highest BCUT2D eigenvalue weighted by atomic mass is 32.2. The predicted octanol–water partition coefficient (Wildman–Crippen LogP) is 2.82. The minimum absolute atomic E-state index is 0.146. The number of ether oxygens (including phenoxy) is 1. The third-order valence-corrected chi connectivity index (χ3v) is 5.76. The molecule has 3 aromatic rings. The van der Waals surface area contributed by atoms with E-state index in [-0.39, 0.29) is 25.5 Å². The summed E-state index contributed by atoms with van der Waals surface area (Å²) in [5, 5.41) is 0. The van der Waals surface area contributed by atoms with Crippen molar-refractivity contribution in [2.75, 3.05) is 13.4 Å². The predicted molar refractivity (Wildman–Crippen MR) is 114 cm³/mol. The molecule has 156 valence electrons. The number of hydrogen-bond acceptors (Lipinski definition) is 6. The van der Waals surface area contributed by atoms with Crippen LogP contribution in [0.4, 0.5) is 0 Å². The minimum Gasteiger partial charge on any atom is -0.469 e. The van der Waals surface area contributed by atoms with Crippen LogP contribution in [0.2, 0.25) is 0 Å². The zero-order chi connectivity index (χ0) is 21.6. The molecule has 0 aliphatic heterocycles. The van der Waals surface area contributed by atoms with Crippen LogP contribution in [0.3, 0.4) is 0 Å². The van der Waals surface area contributed by atoms with E-state index in [2.05, 4.69) is 9.97 Å². The van der Waals surface area contributed by atoms with Crippen molar-refractivity contribution in [2.24, 2.45) is 0 Å². The van der Waals surface area contributed by atoms with Gasteiger partial charge in [0, 0.05) is 31.0 Å². The van der Waals surface area contributed by atoms with Gasteiger partial charge >= 0.3 is 5.97 Å². The number of hydrogen-bond donors (Lipinski definition) is 0. The van der Waals surface area contributed by atoms with Gasteiger partial charge in [-0.05, 0) is 16.7 Å². The van der Waals surface area contributed by atoms with Gasteiger partial charge in [0.2, 0.25) is 10.0 Å². The van der Waals surface area contributed by atoms with Gasteiger partial charge in [0.1, 0.15) is 0 Å². The Bertz CT molecular complexity index is 1100. The highest BCUT2D eigenvalue weighted by Gasteiger charge is 2.18. The maximum absolute atomic E-state index is 12.4. The average Bonchev–Trinajstić information content (AvgIpc) is 2.74. The summed E-state index contributed by atoms with van der Waals surface area (Å²) in [5.74, 6) is -0.338. The molecular formula is C22H23N3O4S. The van der Waals surface area contributed by atoms with Crippen molar-refractivity contribution < 1.29 is 17.9 Å². The SMILES string of the molecule is COC(=O)Cc1cccc(CN(Cc2ccc(-c3cnccn3)cc2)S(C)(=O)=O)c1. The van der Waals surface area contributed by atoms with E-state index in [1.807, 2.05) is 48.5 Å².